The number of aromatic nitrogens is 2. The fourth-order valence-corrected chi connectivity index (χ4v) is 3.66. The van der Waals surface area contributed by atoms with E-state index in [1.54, 1.807) is 44.4 Å². The lowest BCUT2D eigenvalue weighted by molar-refractivity contribution is 0.208. The smallest absolute Gasteiger partial charge is 0.321 e. The van der Waals surface area contributed by atoms with Crippen LogP contribution in [0, 0.1) is 0 Å². The molecule has 0 radical (unpaired) electrons. The number of carbonyl (C=O) groups excluding carboxylic acids is 1. The molecule has 1 N–H and O–H groups in total. The number of urea groups is 1. The topological polar surface area (TPSA) is 89.1 Å². The number of nitrogens with zero attached hydrogens (tertiary/aromatic N) is 4. The van der Waals surface area contributed by atoms with E-state index in [0.29, 0.717) is 43.4 Å². The van der Waals surface area contributed by atoms with E-state index in [-0.39, 0.29) is 6.03 Å². The Bertz CT molecular complexity index is 1080. The van der Waals surface area contributed by atoms with Gasteiger partial charge < -0.3 is 29.3 Å². The summed E-state index contributed by atoms with van der Waals surface area (Å²) in [5.41, 5.74) is 2.43. The van der Waals surface area contributed by atoms with Crippen molar-refractivity contribution in [1.82, 2.24) is 15.1 Å². The standard InChI is InChI=1S/C24H27N5O4/c1-31-19-7-4-17(5-8-19)20-9-11-23(27-26-20)28-12-14-29(15-13-28)24(30)25-18-6-10-21(32-2)22(16-18)33-3/h4-11,16H,12-15H2,1-3H3,(H,25,30). The molecular weight excluding hydrogens is 422 g/mol. The Labute approximate surface area is 192 Å². The first-order chi connectivity index (χ1) is 16.1. The zero-order chi connectivity index (χ0) is 23.2. The fourth-order valence-electron chi connectivity index (χ4n) is 3.66. The summed E-state index contributed by atoms with van der Waals surface area (Å²) in [6.07, 6.45) is 0. The molecule has 1 saturated heterocycles. The Morgan fingerprint density at radius 2 is 1.55 bits per heavy atom. The van der Waals surface area contributed by atoms with Gasteiger partial charge in [-0.1, -0.05) is 0 Å². The summed E-state index contributed by atoms with van der Waals surface area (Å²) in [4.78, 5) is 16.6. The molecule has 2 aromatic carbocycles. The molecule has 4 rings (SSSR count). The van der Waals surface area contributed by atoms with Crippen molar-refractivity contribution >= 4 is 17.5 Å². The molecule has 1 aromatic heterocycles. The Morgan fingerprint density at radius 3 is 2.15 bits per heavy atom. The molecule has 1 aliphatic heterocycles. The van der Waals surface area contributed by atoms with Crippen LogP contribution in [0.3, 0.4) is 0 Å². The Balaban J connectivity index is 1.33. The van der Waals surface area contributed by atoms with Gasteiger partial charge in [0, 0.05) is 43.5 Å². The second-order valence-corrected chi connectivity index (χ2v) is 7.48. The molecule has 3 aromatic rings. The average Bonchev–Trinajstić information content (AvgIpc) is 2.89. The lowest BCUT2D eigenvalue weighted by Gasteiger charge is -2.35. The van der Waals surface area contributed by atoms with Gasteiger partial charge in [-0.2, -0.15) is 0 Å². The van der Waals surface area contributed by atoms with Crippen molar-refractivity contribution in [2.75, 3.05) is 57.7 Å². The molecular formula is C24H27N5O4. The highest BCUT2D eigenvalue weighted by Gasteiger charge is 2.22. The van der Waals surface area contributed by atoms with Crippen LogP contribution in [0.2, 0.25) is 0 Å². The van der Waals surface area contributed by atoms with Crippen LogP contribution in [0.5, 0.6) is 17.2 Å². The minimum atomic E-state index is -0.150. The third-order valence-corrected chi connectivity index (χ3v) is 5.56. The van der Waals surface area contributed by atoms with Crippen molar-refractivity contribution in [2.24, 2.45) is 0 Å². The predicted molar refractivity (Wildman–Crippen MR) is 126 cm³/mol. The highest BCUT2D eigenvalue weighted by atomic mass is 16.5. The van der Waals surface area contributed by atoms with Crippen molar-refractivity contribution in [1.29, 1.82) is 0 Å². The van der Waals surface area contributed by atoms with Gasteiger partial charge in [-0.3, -0.25) is 0 Å². The number of amides is 2. The van der Waals surface area contributed by atoms with Crippen molar-refractivity contribution in [2.45, 2.75) is 0 Å². The summed E-state index contributed by atoms with van der Waals surface area (Å²) < 4.78 is 15.7. The predicted octanol–water partition coefficient (Wildman–Crippen LogP) is 3.52. The van der Waals surface area contributed by atoms with Crippen molar-refractivity contribution < 1.29 is 19.0 Å². The Kier molecular flexibility index (Phi) is 6.77. The molecule has 172 valence electrons. The first kappa shape index (κ1) is 22.2. The third-order valence-electron chi connectivity index (χ3n) is 5.56. The van der Waals surface area contributed by atoms with Gasteiger partial charge in [0.1, 0.15) is 5.75 Å². The van der Waals surface area contributed by atoms with Crippen LogP contribution in [0.25, 0.3) is 11.3 Å². The normalized spacial score (nSPS) is 13.4. The highest BCUT2D eigenvalue weighted by Crippen LogP contribution is 2.30. The molecule has 33 heavy (non-hydrogen) atoms. The first-order valence-electron chi connectivity index (χ1n) is 10.6. The van der Waals surface area contributed by atoms with E-state index >= 15 is 0 Å². The summed E-state index contributed by atoms with van der Waals surface area (Å²) >= 11 is 0. The van der Waals surface area contributed by atoms with Crippen LogP contribution in [0.1, 0.15) is 0 Å². The van der Waals surface area contributed by atoms with Crippen LogP contribution in [0.4, 0.5) is 16.3 Å². The van der Waals surface area contributed by atoms with Crippen molar-refractivity contribution in [3.05, 3.63) is 54.6 Å². The summed E-state index contributed by atoms with van der Waals surface area (Å²) in [6.45, 7) is 2.52. The second kappa shape index (κ2) is 10.1. The number of rotatable bonds is 6. The Hall–Kier alpha value is -4.01. The van der Waals surface area contributed by atoms with Gasteiger partial charge in [0.15, 0.2) is 17.3 Å². The quantitative estimate of drug-likeness (QED) is 0.616. The van der Waals surface area contributed by atoms with E-state index in [2.05, 4.69) is 20.4 Å². The summed E-state index contributed by atoms with van der Waals surface area (Å²) in [5.74, 6) is 2.78. The lowest BCUT2D eigenvalue weighted by Crippen LogP contribution is -2.50. The van der Waals surface area contributed by atoms with E-state index in [9.17, 15) is 4.79 Å². The summed E-state index contributed by atoms with van der Waals surface area (Å²) in [7, 11) is 4.78. The average molecular weight is 450 g/mol. The number of hydrogen-bond acceptors (Lipinski definition) is 7. The maximum atomic E-state index is 12.7. The van der Waals surface area contributed by atoms with Gasteiger partial charge in [0.25, 0.3) is 0 Å². The number of benzene rings is 2. The minimum Gasteiger partial charge on any atom is -0.497 e. The molecule has 0 unspecified atom stereocenters. The van der Waals surface area contributed by atoms with Crippen LogP contribution in [-0.2, 0) is 0 Å². The maximum Gasteiger partial charge on any atom is 0.321 e. The monoisotopic (exact) mass is 449 g/mol. The van der Waals surface area contributed by atoms with Gasteiger partial charge in [-0.05, 0) is 48.5 Å². The molecule has 0 aliphatic carbocycles. The fraction of sp³-hybridized carbons (Fsp3) is 0.292. The third kappa shape index (κ3) is 5.08. The van der Waals surface area contributed by atoms with Gasteiger partial charge in [-0.25, -0.2) is 4.79 Å². The molecule has 0 bridgehead atoms. The minimum absolute atomic E-state index is 0.150. The van der Waals surface area contributed by atoms with Crippen LogP contribution in [0.15, 0.2) is 54.6 Å². The molecule has 9 nitrogen and oxygen atoms in total. The molecule has 0 spiro atoms. The SMILES string of the molecule is COc1ccc(-c2ccc(N3CCN(C(=O)Nc4ccc(OC)c(OC)c4)CC3)nn2)cc1. The van der Waals surface area contributed by atoms with Crippen molar-refractivity contribution in [3.8, 4) is 28.5 Å². The number of methoxy groups -OCH3 is 3. The zero-order valence-corrected chi connectivity index (χ0v) is 18.9. The number of nitrogens with one attached hydrogen (secondary N) is 1. The van der Waals surface area contributed by atoms with Crippen LogP contribution >= 0.6 is 0 Å². The van der Waals surface area contributed by atoms with Gasteiger partial charge in [0.2, 0.25) is 0 Å². The number of hydrogen-bond donors (Lipinski definition) is 1. The van der Waals surface area contributed by atoms with Gasteiger partial charge in [0.05, 0.1) is 27.0 Å². The molecule has 0 atom stereocenters. The van der Waals surface area contributed by atoms with E-state index < -0.39 is 0 Å². The zero-order valence-electron chi connectivity index (χ0n) is 18.9. The van der Waals surface area contributed by atoms with E-state index in [4.69, 9.17) is 14.2 Å². The van der Waals surface area contributed by atoms with Crippen molar-refractivity contribution in [3.63, 3.8) is 0 Å². The first-order valence-corrected chi connectivity index (χ1v) is 10.6. The summed E-state index contributed by atoms with van der Waals surface area (Å²) in [6, 6.07) is 16.8. The van der Waals surface area contributed by atoms with Gasteiger partial charge in [-0.15, -0.1) is 10.2 Å². The lowest BCUT2D eigenvalue weighted by atomic mass is 10.1. The molecule has 9 heteroatoms. The van der Waals surface area contributed by atoms with E-state index in [1.165, 1.54) is 0 Å². The van der Waals surface area contributed by atoms with Gasteiger partial charge >= 0.3 is 6.03 Å². The number of piperazine rings is 1. The number of anilines is 2. The Morgan fingerprint density at radius 1 is 0.818 bits per heavy atom. The molecule has 0 saturated carbocycles. The van der Waals surface area contributed by atoms with E-state index in [0.717, 1.165) is 22.8 Å². The molecule has 2 amide bonds. The highest BCUT2D eigenvalue weighted by molar-refractivity contribution is 5.90. The van der Waals surface area contributed by atoms with Crippen LogP contribution in [-0.4, -0.2) is 68.6 Å². The maximum absolute atomic E-state index is 12.7. The second-order valence-electron chi connectivity index (χ2n) is 7.48. The summed E-state index contributed by atoms with van der Waals surface area (Å²) in [5, 5.41) is 11.7. The number of carbonyl (C=O) groups is 1. The van der Waals surface area contributed by atoms with E-state index in [1.807, 2.05) is 36.4 Å². The van der Waals surface area contributed by atoms with Crippen LogP contribution < -0.4 is 24.4 Å². The number of ether oxygens (including phenoxy) is 3. The molecule has 1 aliphatic rings. The molecule has 2 heterocycles. The largest absolute Gasteiger partial charge is 0.497 e. The molecule has 1 fully saturated rings.